The monoisotopic (exact) mass is 526 g/mol. The maximum atomic E-state index is 13.0. The maximum absolute atomic E-state index is 13.0. The van der Waals surface area contributed by atoms with Crippen LogP contribution < -0.4 is 15.4 Å². The van der Waals surface area contributed by atoms with Crippen molar-refractivity contribution in [2.75, 3.05) is 74.2 Å². The zero-order valence-corrected chi connectivity index (χ0v) is 22.2. The Morgan fingerprint density at radius 1 is 1.05 bits per heavy atom. The molecule has 0 radical (unpaired) electrons. The van der Waals surface area contributed by atoms with Crippen LogP contribution in [0.15, 0.2) is 41.5 Å². The molecule has 0 amide bonds. The zero-order chi connectivity index (χ0) is 26.2. The van der Waals surface area contributed by atoms with E-state index in [1.807, 2.05) is 18.2 Å². The number of aromatic nitrogens is 3. The molecule has 1 N–H and O–H groups in total. The van der Waals surface area contributed by atoms with Gasteiger partial charge in [0.05, 0.1) is 23.3 Å². The number of rotatable bonds is 7. The van der Waals surface area contributed by atoms with Gasteiger partial charge < -0.3 is 19.5 Å². The molecule has 2 aromatic heterocycles. The Hall–Kier alpha value is -3.02. The molecule has 1 atom stereocenters. The van der Waals surface area contributed by atoms with E-state index in [1.54, 1.807) is 7.05 Å². The molecule has 0 bridgehead atoms. The molecule has 5 rings (SSSR count). The van der Waals surface area contributed by atoms with E-state index in [-0.39, 0.29) is 23.8 Å². The number of fused-ring (bicyclic) bond motifs is 1. The molecule has 37 heavy (non-hydrogen) atoms. The number of aliphatic hydroxyl groups is 1. The van der Waals surface area contributed by atoms with Gasteiger partial charge in [-0.15, -0.1) is 0 Å². The first-order chi connectivity index (χ1) is 17.7. The molecule has 0 aliphatic carbocycles. The number of hydrogen-bond donors (Lipinski definition) is 1. The molecule has 3 aromatic rings. The Bertz CT molecular complexity index is 1430. The smallest absolute Gasteiger partial charge is 0.264 e. The van der Waals surface area contributed by atoms with Crippen LogP contribution in [-0.2, 0) is 16.9 Å². The van der Waals surface area contributed by atoms with Crippen LogP contribution in [-0.4, -0.2) is 97.4 Å². The van der Waals surface area contributed by atoms with Gasteiger partial charge in [0, 0.05) is 82.9 Å². The van der Waals surface area contributed by atoms with Gasteiger partial charge in [0.1, 0.15) is 21.0 Å². The van der Waals surface area contributed by atoms with E-state index in [9.17, 15) is 18.3 Å². The molecule has 198 valence electrons. The number of benzene rings is 1. The lowest BCUT2D eigenvalue weighted by molar-refractivity contribution is 0.238. The third-order valence-corrected chi connectivity index (χ3v) is 8.33. The van der Waals surface area contributed by atoms with E-state index in [0.717, 1.165) is 56.1 Å². The van der Waals surface area contributed by atoms with Crippen LogP contribution >= 0.6 is 0 Å². The number of anilines is 2. The first kappa shape index (κ1) is 25.6. The minimum atomic E-state index is -2.95. The fraction of sp³-hybridized carbons (Fsp3) is 0.500. The fourth-order valence-corrected chi connectivity index (χ4v) is 5.71. The summed E-state index contributed by atoms with van der Waals surface area (Å²) in [6.07, 6.45) is 3.68. The van der Waals surface area contributed by atoms with Crippen molar-refractivity contribution < 1.29 is 13.5 Å². The molecule has 10 nitrogen and oxygen atoms in total. The minimum Gasteiger partial charge on any atom is -0.396 e. The molecule has 1 aromatic carbocycles. The molecule has 11 heteroatoms. The summed E-state index contributed by atoms with van der Waals surface area (Å²) in [7, 11) is -1.26. The summed E-state index contributed by atoms with van der Waals surface area (Å²) < 4.78 is 24.4. The normalized spacial score (nSPS) is 19.2. The number of aliphatic hydroxyl groups excluding tert-OH is 1. The van der Waals surface area contributed by atoms with Gasteiger partial charge in [0.15, 0.2) is 0 Å². The third-order valence-electron chi connectivity index (χ3n) is 7.41. The lowest BCUT2D eigenvalue weighted by Gasteiger charge is -2.36. The topological polar surface area (TPSA) is 112 Å². The predicted molar refractivity (Wildman–Crippen MR) is 146 cm³/mol. The highest BCUT2D eigenvalue weighted by molar-refractivity contribution is 7.90. The summed E-state index contributed by atoms with van der Waals surface area (Å²) in [4.78, 5) is 29.1. The molecular formula is C26H34N6O4S. The molecule has 1 unspecified atom stereocenters. The largest absolute Gasteiger partial charge is 0.396 e. The number of piperazine rings is 1. The number of pyridine rings is 1. The van der Waals surface area contributed by atoms with Gasteiger partial charge in [-0.25, -0.2) is 18.4 Å². The van der Waals surface area contributed by atoms with Crippen molar-refractivity contribution >= 4 is 32.2 Å². The Labute approximate surface area is 217 Å². The van der Waals surface area contributed by atoms with Crippen LogP contribution in [0.3, 0.4) is 0 Å². The van der Waals surface area contributed by atoms with Crippen LogP contribution in [0.4, 0.5) is 11.5 Å². The first-order valence-electron chi connectivity index (χ1n) is 12.7. The molecule has 2 aliphatic heterocycles. The molecule has 0 saturated carbocycles. The Kier molecular flexibility index (Phi) is 7.19. The zero-order valence-electron chi connectivity index (χ0n) is 21.4. The second-order valence-corrected chi connectivity index (χ2v) is 12.4. The van der Waals surface area contributed by atoms with Gasteiger partial charge in [0.2, 0.25) is 0 Å². The van der Waals surface area contributed by atoms with Crippen LogP contribution in [0.2, 0.25) is 0 Å². The van der Waals surface area contributed by atoms with Gasteiger partial charge >= 0.3 is 0 Å². The van der Waals surface area contributed by atoms with Crippen LogP contribution in [0.1, 0.15) is 6.42 Å². The van der Waals surface area contributed by atoms with Crippen molar-refractivity contribution in [1.82, 2.24) is 19.4 Å². The maximum Gasteiger partial charge on any atom is 0.264 e. The van der Waals surface area contributed by atoms with E-state index >= 15 is 0 Å². The summed E-state index contributed by atoms with van der Waals surface area (Å²) >= 11 is 0. The van der Waals surface area contributed by atoms with E-state index in [1.165, 1.54) is 17.2 Å². The fourth-order valence-electron chi connectivity index (χ4n) is 5.12. The summed E-state index contributed by atoms with van der Waals surface area (Å²) in [6, 6.07) is 10.1. The van der Waals surface area contributed by atoms with E-state index < -0.39 is 9.84 Å². The first-order valence-corrected chi connectivity index (χ1v) is 14.8. The molecule has 2 aliphatic rings. The highest BCUT2D eigenvalue weighted by Crippen LogP contribution is 2.31. The van der Waals surface area contributed by atoms with E-state index in [2.05, 4.69) is 31.8 Å². The second-order valence-electron chi connectivity index (χ2n) is 10.2. The average Bonchev–Trinajstić information content (AvgIpc) is 3.38. The predicted octanol–water partition coefficient (Wildman–Crippen LogP) is 0.981. The Balaban J connectivity index is 1.38. The van der Waals surface area contributed by atoms with Gasteiger partial charge in [-0.2, -0.15) is 0 Å². The second kappa shape index (κ2) is 10.4. The van der Waals surface area contributed by atoms with Crippen molar-refractivity contribution in [3.8, 4) is 11.3 Å². The highest BCUT2D eigenvalue weighted by atomic mass is 32.2. The lowest BCUT2D eigenvalue weighted by atomic mass is 10.1. The van der Waals surface area contributed by atoms with Crippen LogP contribution in [0, 0.1) is 5.92 Å². The SMILES string of the molecule is Cn1cnc2cc(-c3ccc(N4CCN(CCS(C)(=O)=O)CC4)cc3)nc(N3CCC(CO)C3)c2c1=O. The molecule has 2 saturated heterocycles. The van der Waals surface area contributed by atoms with Gasteiger partial charge in [0.25, 0.3) is 5.56 Å². The third kappa shape index (κ3) is 5.63. The lowest BCUT2D eigenvalue weighted by Crippen LogP contribution is -2.47. The van der Waals surface area contributed by atoms with Gasteiger partial charge in [-0.3, -0.25) is 9.69 Å². The number of hydrogen-bond acceptors (Lipinski definition) is 9. The number of aryl methyl sites for hydroxylation is 1. The van der Waals surface area contributed by atoms with Gasteiger partial charge in [-0.05, 0) is 24.6 Å². The average molecular weight is 527 g/mol. The molecule has 0 spiro atoms. The highest BCUT2D eigenvalue weighted by Gasteiger charge is 2.26. The minimum absolute atomic E-state index is 0.123. The summed E-state index contributed by atoms with van der Waals surface area (Å²) in [6.45, 7) is 5.45. The van der Waals surface area contributed by atoms with Crippen molar-refractivity contribution in [2.45, 2.75) is 6.42 Å². The van der Waals surface area contributed by atoms with Crippen molar-refractivity contribution in [3.63, 3.8) is 0 Å². The van der Waals surface area contributed by atoms with E-state index in [4.69, 9.17) is 4.98 Å². The van der Waals surface area contributed by atoms with Crippen LogP contribution in [0.5, 0.6) is 0 Å². The standard InChI is InChI=1S/C26H34N6O4S/c1-29-18-27-23-15-22(28-25(24(23)26(29)34)32-8-7-19(16-32)17-33)20-3-5-21(6-4-20)31-11-9-30(10-12-31)13-14-37(2,35)36/h3-6,15,18-19,33H,7-14,16-17H2,1-2H3. The summed E-state index contributed by atoms with van der Waals surface area (Å²) in [5, 5.41) is 10.1. The van der Waals surface area contributed by atoms with Crippen molar-refractivity contribution in [1.29, 1.82) is 0 Å². The van der Waals surface area contributed by atoms with Crippen molar-refractivity contribution in [3.05, 3.63) is 47.0 Å². The molecule has 2 fully saturated rings. The summed E-state index contributed by atoms with van der Waals surface area (Å²) in [5.74, 6) is 1.00. The Morgan fingerprint density at radius 3 is 2.43 bits per heavy atom. The van der Waals surface area contributed by atoms with Crippen molar-refractivity contribution in [2.24, 2.45) is 13.0 Å². The number of nitrogens with zero attached hydrogens (tertiary/aromatic N) is 6. The van der Waals surface area contributed by atoms with Gasteiger partial charge in [-0.1, -0.05) is 12.1 Å². The Morgan fingerprint density at radius 2 is 1.78 bits per heavy atom. The van der Waals surface area contributed by atoms with Crippen LogP contribution in [0.25, 0.3) is 22.2 Å². The summed E-state index contributed by atoms with van der Waals surface area (Å²) in [5.41, 5.74) is 3.30. The molecular weight excluding hydrogens is 492 g/mol. The van der Waals surface area contributed by atoms with E-state index in [0.29, 0.717) is 29.8 Å². The molecule has 4 heterocycles. The number of sulfone groups is 1. The quantitative estimate of drug-likeness (QED) is 0.482.